The minimum Gasteiger partial charge on any atom is -0.352 e. The first-order valence-corrected chi connectivity index (χ1v) is 3.80. The molecule has 0 saturated heterocycles. The molecule has 0 fully saturated rings. The highest BCUT2D eigenvalue weighted by Gasteiger charge is 2.16. The van der Waals surface area contributed by atoms with Gasteiger partial charge >= 0.3 is 0 Å². The summed E-state index contributed by atoms with van der Waals surface area (Å²) in [6.07, 6.45) is 0.299. The monoisotopic (exact) mass is 165 g/mol. The molecule has 62 valence electrons. The summed E-state index contributed by atoms with van der Waals surface area (Å²) in [5, 5.41) is 2.60. The van der Waals surface area contributed by atoms with Crippen molar-refractivity contribution in [1.29, 1.82) is 0 Å². The van der Waals surface area contributed by atoms with E-state index >= 15 is 0 Å². The average Bonchev–Trinajstić information content (AvgIpc) is 2.04. The van der Waals surface area contributed by atoms with Gasteiger partial charge < -0.3 is 5.32 Å². The topological polar surface area (TPSA) is 29.1 Å². The number of fused-ring (bicyclic) bond motifs is 1. The smallest absolute Gasteiger partial charge is 0.224 e. The van der Waals surface area contributed by atoms with Crippen LogP contribution < -0.4 is 5.32 Å². The third-order valence-electron chi connectivity index (χ3n) is 2.03. The number of benzene rings is 1. The molecule has 0 atom stereocenters. The van der Waals surface area contributed by atoms with Gasteiger partial charge in [0.2, 0.25) is 5.91 Å². The van der Waals surface area contributed by atoms with Gasteiger partial charge in [0.05, 0.1) is 6.42 Å². The molecular formula is C9H8FNO. The van der Waals surface area contributed by atoms with E-state index in [2.05, 4.69) is 5.32 Å². The Morgan fingerprint density at radius 2 is 2.25 bits per heavy atom. The Morgan fingerprint density at radius 1 is 1.42 bits per heavy atom. The van der Waals surface area contributed by atoms with E-state index in [1.165, 1.54) is 6.07 Å². The molecule has 1 aromatic rings. The predicted molar refractivity (Wildman–Crippen MR) is 42.0 cm³/mol. The maximum Gasteiger partial charge on any atom is 0.224 e. The molecule has 0 aromatic heterocycles. The lowest BCUT2D eigenvalue weighted by molar-refractivity contribution is -0.121. The highest BCUT2D eigenvalue weighted by Crippen LogP contribution is 2.16. The van der Waals surface area contributed by atoms with Crippen molar-refractivity contribution < 1.29 is 9.18 Å². The van der Waals surface area contributed by atoms with Crippen LogP contribution in [0.2, 0.25) is 0 Å². The number of halogens is 1. The zero-order chi connectivity index (χ0) is 8.55. The lowest BCUT2D eigenvalue weighted by Gasteiger charge is -2.16. The number of carbonyl (C=O) groups excluding carboxylic acids is 1. The Kier molecular flexibility index (Phi) is 1.57. The zero-order valence-corrected chi connectivity index (χ0v) is 6.43. The third kappa shape index (κ3) is 1.07. The van der Waals surface area contributed by atoms with E-state index in [0.29, 0.717) is 18.5 Å². The molecule has 0 unspecified atom stereocenters. The van der Waals surface area contributed by atoms with Crippen LogP contribution in [-0.2, 0) is 17.8 Å². The van der Waals surface area contributed by atoms with Crippen LogP contribution in [0.25, 0.3) is 0 Å². The number of hydrogen-bond acceptors (Lipinski definition) is 1. The van der Waals surface area contributed by atoms with Crippen LogP contribution in [0.3, 0.4) is 0 Å². The fourth-order valence-corrected chi connectivity index (χ4v) is 1.39. The zero-order valence-electron chi connectivity index (χ0n) is 6.43. The van der Waals surface area contributed by atoms with Gasteiger partial charge in [-0.2, -0.15) is 0 Å². The number of hydrogen-bond donors (Lipinski definition) is 1. The van der Waals surface area contributed by atoms with Crippen molar-refractivity contribution in [3.63, 3.8) is 0 Å². The summed E-state index contributed by atoms with van der Waals surface area (Å²) < 4.78 is 13.0. The molecule has 0 saturated carbocycles. The van der Waals surface area contributed by atoms with E-state index in [-0.39, 0.29) is 11.7 Å². The van der Waals surface area contributed by atoms with E-state index in [1.807, 2.05) is 0 Å². The normalized spacial score (nSPS) is 15.2. The predicted octanol–water partition coefficient (Wildman–Crippen LogP) is 0.998. The molecule has 1 N–H and O–H groups in total. The van der Waals surface area contributed by atoms with Gasteiger partial charge in [-0.05, 0) is 11.6 Å². The molecule has 1 aromatic carbocycles. The van der Waals surface area contributed by atoms with Gasteiger partial charge in [0.25, 0.3) is 0 Å². The second-order valence-electron chi connectivity index (χ2n) is 2.83. The van der Waals surface area contributed by atoms with Crippen molar-refractivity contribution in [3.8, 4) is 0 Å². The molecular weight excluding hydrogens is 157 g/mol. The van der Waals surface area contributed by atoms with Gasteiger partial charge in [-0.15, -0.1) is 0 Å². The lowest BCUT2D eigenvalue weighted by atomic mass is 10.0. The highest BCUT2D eigenvalue weighted by atomic mass is 19.1. The van der Waals surface area contributed by atoms with Gasteiger partial charge in [0.1, 0.15) is 5.82 Å². The van der Waals surface area contributed by atoms with E-state index < -0.39 is 0 Å². The molecule has 12 heavy (non-hydrogen) atoms. The first kappa shape index (κ1) is 7.28. The van der Waals surface area contributed by atoms with Crippen LogP contribution in [0.5, 0.6) is 0 Å². The van der Waals surface area contributed by atoms with Crippen molar-refractivity contribution in [1.82, 2.24) is 5.32 Å². The fraction of sp³-hybridized carbons (Fsp3) is 0.222. The van der Waals surface area contributed by atoms with Crippen LogP contribution in [0, 0.1) is 5.82 Å². The maximum atomic E-state index is 13.0. The first-order valence-electron chi connectivity index (χ1n) is 3.80. The summed E-state index contributed by atoms with van der Waals surface area (Å²) in [5.74, 6) is -0.263. The van der Waals surface area contributed by atoms with Crippen LogP contribution in [0.1, 0.15) is 11.1 Å². The van der Waals surface area contributed by atoms with Gasteiger partial charge in [0, 0.05) is 12.1 Å². The van der Waals surface area contributed by atoms with Gasteiger partial charge in [-0.25, -0.2) is 4.39 Å². The second kappa shape index (κ2) is 2.59. The molecule has 1 aliphatic heterocycles. The third-order valence-corrected chi connectivity index (χ3v) is 2.03. The average molecular weight is 165 g/mol. The first-order chi connectivity index (χ1) is 5.77. The molecule has 2 rings (SSSR count). The summed E-state index contributed by atoms with van der Waals surface area (Å²) in [6.45, 7) is 0.320. The number of nitrogens with one attached hydrogen (secondary N) is 1. The quantitative estimate of drug-likeness (QED) is 0.610. The van der Waals surface area contributed by atoms with E-state index in [1.54, 1.807) is 12.1 Å². The summed E-state index contributed by atoms with van der Waals surface area (Å²) in [4.78, 5) is 10.9. The van der Waals surface area contributed by atoms with E-state index in [4.69, 9.17) is 0 Å². The molecule has 0 radical (unpaired) electrons. The molecule has 3 heteroatoms. The van der Waals surface area contributed by atoms with Gasteiger partial charge in [-0.3, -0.25) is 4.79 Å². The Bertz CT molecular complexity index is 335. The summed E-state index contributed by atoms with van der Waals surface area (Å²) in [5.41, 5.74) is 1.43. The SMILES string of the molecule is O=C1Cc2cccc(F)c2CN1. The van der Waals surface area contributed by atoms with Crippen molar-refractivity contribution in [3.05, 3.63) is 35.1 Å². The molecule has 1 heterocycles. The Morgan fingerprint density at radius 3 is 3.08 bits per heavy atom. The van der Waals surface area contributed by atoms with Crippen LogP contribution in [-0.4, -0.2) is 5.91 Å². The largest absolute Gasteiger partial charge is 0.352 e. The summed E-state index contributed by atoms with van der Waals surface area (Å²) in [7, 11) is 0. The summed E-state index contributed by atoms with van der Waals surface area (Å²) in [6, 6.07) is 4.83. The summed E-state index contributed by atoms with van der Waals surface area (Å²) >= 11 is 0. The molecule has 1 aliphatic rings. The second-order valence-corrected chi connectivity index (χ2v) is 2.83. The van der Waals surface area contributed by atoms with Crippen LogP contribution >= 0.6 is 0 Å². The van der Waals surface area contributed by atoms with Crippen molar-refractivity contribution >= 4 is 5.91 Å². The number of carbonyl (C=O) groups is 1. The van der Waals surface area contributed by atoms with Crippen LogP contribution in [0.4, 0.5) is 4.39 Å². The van der Waals surface area contributed by atoms with Gasteiger partial charge in [-0.1, -0.05) is 12.1 Å². The van der Waals surface area contributed by atoms with E-state index in [9.17, 15) is 9.18 Å². The number of rotatable bonds is 0. The van der Waals surface area contributed by atoms with Crippen molar-refractivity contribution in [2.24, 2.45) is 0 Å². The lowest BCUT2D eigenvalue weighted by Crippen LogP contribution is -2.30. The molecule has 0 aliphatic carbocycles. The molecule has 1 amide bonds. The molecule has 0 bridgehead atoms. The van der Waals surface area contributed by atoms with Crippen LogP contribution in [0.15, 0.2) is 18.2 Å². The maximum absolute atomic E-state index is 13.0. The van der Waals surface area contributed by atoms with Crippen molar-refractivity contribution in [2.75, 3.05) is 0 Å². The highest BCUT2D eigenvalue weighted by molar-refractivity contribution is 5.80. The van der Waals surface area contributed by atoms with Crippen molar-refractivity contribution in [2.45, 2.75) is 13.0 Å². The molecule has 0 spiro atoms. The molecule has 2 nitrogen and oxygen atoms in total. The standard InChI is InChI=1S/C9H8FNO/c10-8-3-1-2-6-4-9(12)11-5-7(6)8/h1-3H,4-5H2,(H,11,12). The van der Waals surface area contributed by atoms with Gasteiger partial charge in [0.15, 0.2) is 0 Å². The Labute approximate surface area is 69.4 Å². The fourth-order valence-electron chi connectivity index (χ4n) is 1.39. The minimum atomic E-state index is -0.229. The van der Waals surface area contributed by atoms with E-state index in [0.717, 1.165) is 5.56 Å². The minimum absolute atomic E-state index is 0.0342. The Hall–Kier alpha value is -1.38. The number of amides is 1. The Balaban J connectivity index is 2.48.